The number of nitrogens with zero attached hydrogens (tertiary/aromatic N) is 1. The van der Waals surface area contributed by atoms with Gasteiger partial charge >= 0.3 is 5.97 Å². The number of esters is 1. The van der Waals surface area contributed by atoms with Crippen molar-refractivity contribution in [1.82, 2.24) is 0 Å². The Morgan fingerprint density at radius 2 is 2.17 bits per heavy atom. The molecule has 0 aliphatic carbocycles. The first-order valence-electron chi connectivity index (χ1n) is 3.52. The highest BCUT2D eigenvalue weighted by Crippen LogP contribution is 1.88. The molecule has 0 aliphatic rings. The van der Waals surface area contributed by atoms with Crippen molar-refractivity contribution in [3.8, 4) is 0 Å². The first kappa shape index (κ1) is 10.9. The molecule has 12 heavy (non-hydrogen) atoms. The van der Waals surface area contributed by atoms with E-state index in [9.17, 15) is 4.79 Å². The second-order valence-electron chi connectivity index (χ2n) is 2.42. The molecule has 0 aromatic carbocycles. The second kappa shape index (κ2) is 5.54. The fraction of sp³-hybridized carbons (Fsp3) is 0.714. The molecule has 1 atom stereocenters. The first-order valence-corrected chi connectivity index (χ1v) is 3.52. The molecule has 0 aromatic heterocycles. The van der Waals surface area contributed by atoms with Gasteiger partial charge in [-0.3, -0.25) is 0 Å². The van der Waals surface area contributed by atoms with E-state index in [1.807, 2.05) is 0 Å². The molecule has 0 saturated heterocycles. The molecule has 0 bridgehead atoms. The highest BCUT2D eigenvalue weighted by Gasteiger charge is 2.09. The molecule has 0 heterocycles. The van der Waals surface area contributed by atoms with Gasteiger partial charge < -0.3 is 14.7 Å². The number of carbonyl (C=O) groups excluding carboxylic acids is 1. The summed E-state index contributed by atoms with van der Waals surface area (Å²) in [6, 6.07) is 0. The van der Waals surface area contributed by atoms with E-state index < -0.39 is 12.1 Å². The fourth-order valence-electron chi connectivity index (χ4n) is 0.360. The Hall–Kier alpha value is -1.10. The van der Waals surface area contributed by atoms with Crippen LogP contribution in [0.4, 0.5) is 0 Å². The van der Waals surface area contributed by atoms with Gasteiger partial charge in [0.25, 0.3) is 6.79 Å². The molecule has 70 valence electrons. The Morgan fingerprint density at radius 1 is 1.58 bits per heavy atom. The lowest BCUT2D eigenvalue weighted by Crippen LogP contribution is -2.20. The summed E-state index contributed by atoms with van der Waals surface area (Å²) < 4.78 is 4.44. The van der Waals surface area contributed by atoms with Crippen LogP contribution in [0, 0.1) is 0 Å². The number of aliphatic hydroxyl groups is 1. The van der Waals surface area contributed by atoms with Crippen LogP contribution in [-0.2, 0) is 14.4 Å². The van der Waals surface area contributed by atoms with Crippen LogP contribution in [0.25, 0.3) is 0 Å². The highest BCUT2D eigenvalue weighted by atomic mass is 16.8. The topological polar surface area (TPSA) is 68.1 Å². The van der Waals surface area contributed by atoms with E-state index in [0.29, 0.717) is 0 Å². The van der Waals surface area contributed by atoms with Crippen LogP contribution in [0.15, 0.2) is 5.16 Å². The van der Waals surface area contributed by atoms with E-state index in [0.717, 1.165) is 5.71 Å². The Morgan fingerprint density at radius 3 is 2.58 bits per heavy atom. The summed E-state index contributed by atoms with van der Waals surface area (Å²) in [5.74, 6) is -0.723. The van der Waals surface area contributed by atoms with E-state index in [4.69, 9.17) is 5.11 Å². The molecule has 0 aromatic rings. The number of oxime groups is 1. The van der Waals surface area contributed by atoms with Gasteiger partial charge in [-0.05, 0) is 20.8 Å². The van der Waals surface area contributed by atoms with Crippen LogP contribution in [-0.4, -0.2) is 29.7 Å². The van der Waals surface area contributed by atoms with Crippen LogP contribution in [0.5, 0.6) is 0 Å². The molecule has 1 N–H and O–H groups in total. The normalized spacial score (nSPS) is 11.7. The minimum absolute atomic E-state index is 0.269. The van der Waals surface area contributed by atoms with Crippen molar-refractivity contribution in [3.05, 3.63) is 0 Å². The molecule has 5 heteroatoms. The van der Waals surface area contributed by atoms with Crippen LogP contribution in [0.3, 0.4) is 0 Å². The maximum Gasteiger partial charge on any atom is 0.337 e. The second-order valence-corrected chi connectivity index (χ2v) is 2.42. The van der Waals surface area contributed by atoms with Crippen molar-refractivity contribution < 1.29 is 19.5 Å². The smallest absolute Gasteiger partial charge is 0.337 e. The van der Waals surface area contributed by atoms with Gasteiger partial charge in [-0.2, -0.15) is 0 Å². The van der Waals surface area contributed by atoms with E-state index in [1.165, 1.54) is 6.92 Å². The highest BCUT2D eigenvalue weighted by molar-refractivity contribution is 5.78. The summed E-state index contributed by atoms with van der Waals surface area (Å²) in [5, 5.41) is 12.2. The summed E-state index contributed by atoms with van der Waals surface area (Å²) in [5.41, 5.74) is 0.725. The summed E-state index contributed by atoms with van der Waals surface area (Å²) in [4.78, 5) is 15.1. The zero-order valence-corrected chi connectivity index (χ0v) is 7.40. The minimum Gasteiger partial charge on any atom is -0.424 e. The third-order valence-electron chi connectivity index (χ3n) is 0.842. The van der Waals surface area contributed by atoms with E-state index in [-0.39, 0.29) is 6.79 Å². The van der Waals surface area contributed by atoms with Crippen molar-refractivity contribution in [2.24, 2.45) is 5.16 Å². The largest absolute Gasteiger partial charge is 0.424 e. The van der Waals surface area contributed by atoms with Crippen LogP contribution >= 0.6 is 0 Å². The Balaban J connectivity index is 3.45. The maximum atomic E-state index is 10.6. The van der Waals surface area contributed by atoms with Crippen molar-refractivity contribution in [1.29, 1.82) is 0 Å². The Kier molecular flexibility index (Phi) is 5.03. The van der Waals surface area contributed by atoms with Gasteiger partial charge in [-0.15, -0.1) is 0 Å². The molecule has 0 radical (unpaired) electrons. The molecule has 0 fully saturated rings. The van der Waals surface area contributed by atoms with Gasteiger partial charge in [0, 0.05) is 0 Å². The summed E-state index contributed by atoms with van der Waals surface area (Å²) >= 11 is 0. The molecular formula is C7H13NO4. The standard InChI is InChI=1S/C7H13NO4/c1-5(2)8-12-4-11-7(10)6(3)9/h6,9H,4H2,1-3H3. The minimum atomic E-state index is -1.12. The molecule has 0 amide bonds. The molecule has 0 saturated carbocycles. The lowest BCUT2D eigenvalue weighted by Gasteiger charge is -2.04. The van der Waals surface area contributed by atoms with E-state index in [2.05, 4.69) is 14.7 Å². The zero-order chi connectivity index (χ0) is 9.56. The lowest BCUT2D eigenvalue weighted by molar-refractivity contribution is -0.165. The molecule has 0 rings (SSSR count). The number of hydrogen-bond donors (Lipinski definition) is 1. The predicted octanol–water partition coefficient (Wildman–Crippen LogP) is 0.280. The van der Waals surface area contributed by atoms with Gasteiger partial charge in [0.05, 0.1) is 5.71 Å². The number of carbonyl (C=O) groups is 1. The van der Waals surface area contributed by atoms with Gasteiger partial charge in [-0.25, -0.2) is 4.79 Å². The first-order chi connectivity index (χ1) is 5.54. The van der Waals surface area contributed by atoms with Gasteiger partial charge in [0.1, 0.15) is 6.10 Å². The third-order valence-corrected chi connectivity index (χ3v) is 0.842. The van der Waals surface area contributed by atoms with Gasteiger partial charge in [-0.1, -0.05) is 5.16 Å². The quantitative estimate of drug-likeness (QED) is 0.219. The zero-order valence-electron chi connectivity index (χ0n) is 7.40. The van der Waals surface area contributed by atoms with Crippen molar-refractivity contribution >= 4 is 11.7 Å². The Bertz CT molecular complexity index is 172. The number of hydrogen-bond acceptors (Lipinski definition) is 5. The van der Waals surface area contributed by atoms with E-state index in [1.54, 1.807) is 13.8 Å². The Labute approximate surface area is 71.0 Å². The van der Waals surface area contributed by atoms with Crippen LogP contribution in [0.2, 0.25) is 0 Å². The number of aliphatic hydroxyl groups excluding tert-OH is 1. The van der Waals surface area contributed by atoms with Gasteiger partial charge in [0.2, 0.25) is 0 Å². The summed E-state index contributed by atoms with van der Waals surface area (Å²) in [6.45, 7) is 4.54. The van der Waals surface area contributed by atoms with Gasteiger partial charge in [0.15, 0.2) is 0 Å². The SMILES string of the molecule is CC(C)=NOCOC(=O)C(C)O. The number of rotatable bonds is 4. The van der Waals surface area contributed by atoms with Crippen molar-refractivity contribution in [2.45, 2.75) is 26.9 Å². The van der Waals surface area contributed by atoms with Crippen LogP contribution in [0.1, 0.15) is 20.8 Å². The molecule has 5 nitrogen and oxygen atoms in total. The summed E-state index contributed by atoms with van der Waals surface area (Å²) in [6.07, 6.45) is -1.12. The maximum absolute atomic E-state index is 10.6. The fourth-order valence-corrected chi connectivity index (χ4v) is 0.360. The number of ether oxygens (including phenoxy) is 1. The average molecular weight is 175 g/mol. The third kappa shape index (κ3) is 5.67. The average Bonchev–Trinajstić information content (AvgIpc) is 1.97. The van der Waals surface area contributed by atoms with Crippen LogP contribution < -0.4 is 0 Å². The van der Waals surface area contributed by atoms with E-state index >= 15 is 0 Å². The molecular weight excluding hydrogens is 162 g/mol. The summed E-state index contributed by atoms with van der Waals surface area (Å²) in [7, 11) is 0. The monoisotopic (exact) mass is 175 g/mol. The van der Waals surface area contributed by atoms with Crippen molar-refractivity contribution in [2.75, 3.05) is 6.79 Å². The molecule has 1 unspecified atom stereocenters. The lowest BCUT2D eigenvalue weighted by atomic mass is 10.4. The predicted molar refractivity (Wildman–Crippen MR) is 42.5 cm³/mol. The molecule has 0 aliphatic heterocycles. The molecule has 0 spiro atoms. The van der Waals surface area contributed by atoms with Crippen molar-refractivity contribution in [3.63, 3.8) is 0 Å².